The zero-order valence-corrected chi connectivity index (χ0v) is 9.77. The first-order valence-corrected chi connectivity index (χ1v) is 7.17. The van der Waals surface area contributed by atoms with Crippen molar-refractivity contribution in [2.24, 2.45) is 0 Å². The lowest BCUT2D eigenvalue weighted by Gasteiger charge is -2.31. The third-order valence-electron chi connectivity index (χ3n) is 1.67. The molecule has 0 heterocycles. The van der Waals surface area contributed by atoms with Gasteiger partial charge in [0.15, 0.2) is 0 Å². The molecule has 0 fully saturated rings. The summed E-state index contributed by atoms with van der Waals surface area (Å²) in [6.45, 7) is 0.155. The SMILES string of the molecule is CCOP(=O)(O)C(O)(CCO)P(=O)(O)O. The summed E-state index contributed by atoms with van der Waals surface area (Å²) < 4.78 is 26.5. The quantitative estimate of drug-likeness (QED) is 0.400. The van der Waals surface area contributed by atoms with Gasteiger partial charge in [-0.05, 0) is 6.92 Å². The van der Waals surface area contributed by atoms with E-state index in [-0.39, 0.29) is 6.61 Å². The lowest BCUT2D eigenvalue weighted by atomic mass is 10.5. The van der Waals surface area contributed by atoms with E-state index < -0.39 is 33.3 Å². The van der Waals surface area contributed by atoms with Crippen LogP contribution < -0.4 is 0 Å². The fraction of sp³-hybridized carbons (Fsp3) is 1.00. The number of hydrogen-bond donors (Lipinski definition) is 5. The summed E-state index contributed by atoms with van der Waals surface area (Å²) in [6, 6.07) is 0. The summed E-state index contributed by atoms with van der Waals surface area (Å²) in [5.41, 5.74) is 0. The van der Waals surface area contributed by atoms with Crippen LogP contribution in [0.5, 0.6) is 0 Å². The molecule has 0 saturated heterocycles. The molecule has 0 aromatic rings. The molecule has 15 heavy (non-hydrogen) atoms. The second kappa shape index (κ2) is 5.03. The summed E-state index contributed by atoms with van der Waals surface area (Å²) in [5.74, 6) is 0. The molecule has 0 saturated carbocycles. The van der Waals surface area contributed by atoms with Gasteiger partial charge in [0, 0.05) is 13.0 Å². The van der Waals surface area contributed by atoms with Gasteiger partial charge in [-0.15, -0.1) is 0 Å². The van der Waals surface area contributed by atoms with Crippen molar-refractivity contribution in [1.82, 2.24) is 0 Å². The predicted molar refractivity (Wildman–Crippen MR) is 50.1 cm³/mol. The molecule has 0 aromatic carbocycles. The normalized spacial score (nSPS) is 20.7. The largest absolute Gasteiger partial charge is 0.396 e. The van der Waals surface area contributed by atoms with Crippen molar-refractivity contribution in [3.05, 3.63) is 0 Å². The number of aliphatic hydroxyl groups is 2. The predicted octanol–water partition coefficient (Wildman–Crippen LogP) is -0.585. The zero-order valence-electron chi connectivity index (χ0n) is 7.98. The molecule has 0 aliphatic rings. The smallest absolute Gasteiger partial charge is 0.372 e. The molecule has 10 heteroatoms. The van der Waals surface area contributed by atoms with Crippen molar-refractivity contribution in [2.45, 2.75) is 18.4 Å². The minimum atomic E-state index is -5.30. The minimum absolute atomic E-state index is 0.304. The first-order valence-electron chi connectivity index (χ1n) is 3.98. The highest BCUT2D eigenvalue weighted by Gasteiger charge is 2.60. The molecule has 0 rings (SSSR count). The van der Waals surface area contributed by atoms with E-state index >= 15 is 0 Å². The topological polar surface area (TPSA) is 145 Å². The summed E-state index contributed by atoms with van der Waals surface area (Å²) in [5, 5.41) is 14.7. The number of aliphatic hydroxyl groups excluding tert-OH is 1. The monoisotopic (exact) mass is 264 g/mol. The Morgan fingerprint density at radius 2 is 1.73 bits per heavy atom. The van der Waals surface area contributed by atoms with Crippen molar-refractivity contribution in [3.63, 3.8) is 0 Å². The molecule has 0 aliphatic carbocycles. The van der Waals surface area contributed by atoms with E-state index in [4.69, 9.17) is 14.9 Å². The number of hydrogen-bond acceptors (Lipinski definition) is 5. The van der Waals surface area contributed by atoms with Gasteiger partial charge in [0.2, 0.25) is 0 Å². The molecule has 8 nitrogen and oxygen atoms in total. The van der Waals surface area contributed by atoms with Gasteiger partial charge in [-0.3, -0.25) is 9.13 Å². The van der Waals surface area contributed by atoms with Crippen LogP contribution >= 0.6 is 15.2 Å². The van der Waals surface area contributed by atoms with Crippen LogP contribution in [-0.4, -0.2) is 43.2 Å². The highest BCUT2D eigenvalue weighted by atomic mass is 31.2. The molecular formula is C5H14O8P2. The van der Waals surface area contributed by atoms with E-state index in [0.29, 0.717) is 0 Å². The van der Waals surface area contributed by atoms with E-state index in [1.165, 1.54) is 6.92 Å². The minimum Gasteiger partial charge on any atom is -0.396 e. The maximum absolute atomic E-state index is 11.4. The molecule has 0 aromatic heterocycles. The van der Waals surface area contributed by atoms with Crippen LogP contribution in [0.3, 0.4) is 0 Å². The molecular weight excluding hydrogens is 250 g/mol. The Labute approximate surface area is 86.2 Å². The van der Waals surface area contributed by atoms with E-state index in [0.717, 1.165) is 0 Å². The zero-order chi connectivity index (χ0) is 12.3. The van der Waals surface area contributed by atoms with Crippen LogP contribution in [0, 0.1) is 0 Å². The van der Waals surface area contributed by atoms with E-state index in [9.17, 15) is 19.1 Å². The third kappa shape index (κ3) is 3.09. The average molecular weight is 264 g/mol. The molecule has 2 atom stereocenters. The lowest BCUT2D eigenvalue weighted by Crippen LogP contribution is -2.30. The molecule has 0 bridgehead atoms. The maximum Gasteiger partial charge on any atom is 0.372 e. The fourth-order valence-corrected chi connectivity index (χ4v) is 3.70. The first-order chi connectivity index (χ1) is 6.62. The van der Waals surface area contributed by atoms with Gasteiger partial charge < -0.3 is 29.4 Å². The van der Waals surface area contributed by atoms with Gasteiger partial charge in [-0.1, -0.05) is 0 Å². The van der Waals surface area contributed by atoms with E-state index in [2.05, 4.69) is 4.52 Å². The Bertz CT molecular complexity index is 297. The molecule has 0 radical (unpaired) electrons. The second-order valence-electron chi connectivity index (χ2n) is 2.73. The fourth-order valence-electron chi connectivity index (χ4n) is 0.880. The van der Waals surface area contributed by atoms with Gasteiger partial charge in [-0.25, -0.2) is 0 Å². The van der Waals surface area contributed by atoms with Crippen molar-refractivity contribution < 1.29 is 38.5 Å². The van der Waals surface area contributed by atoms with Crippen LogP contribution in [0.2, 0.25) is 0 Å². The highest BCUT2D eigenvalue weighted by Crippen LogP contribution is 2.71. The van der Waals surface area contributed by atoms with Crippen LogP contribution in [0.1, 0.15) is 13.3 Å². The van der Waals surface area contributed by atoms with Gasteiger partial charge in [-0.2, -0.15) is 0 Å². The summed E-state index contributed by atoms with van der Waals surface area (Å²) in [7, 11) is -10.2. The molecule has 0 amide bonds. The highest BCUT2D eigenvalue weighted by molar-refractivity contribution is 7.72. The van der Waals surface area contributed by atoms with E-state index in [1.54, 1.807) is 0 Å². The van der Waals surface area contributed by atoms with Gasteiger partial charge >= 0.3 is 15.2 Å². The molecule has 0 aliphatic heterocycles. The Hall–Kier alpha value is 0.220. The average Bonchev–Trinajstić information content (AvgIpc) is 2.02. The van der Waals surface area contributed by atoms with Gasteiger partial charge in [0.05, 0.1) is 6.61 Å². The molecule has 92 valence electrons. The van der Waals surface area contributed by atoms with Crippen LogP contribution in [0.4, 0.5) is 0 Å². The Balaban J connectivity index is 5.30. The third-order valence-corrected chi connectivity index (χ3v) is 6.10. The Kier molecular flexibility index (Phi) is 5.11. The van der Waals surface area contributed by atoms with Gasteiger partial charge in [0.1, 0.15) is 0 Å². The van der Waals surface area contributed by atoms with E-state index in [1.807, 2.05) is 0 Å². The van der Waals surface area contributed by atoms with Gasteiger partial charge in [0.25, 0.3) is 5.08 Å². The maximum atomic E-state index is 11.4. The van der Waals surface area contributed by atoms with Crippen molar-refractivity contribution in [3.8, 4) is 0 Å². The first kappa shape index (κ1) is 15.2. The molecule has 2 unspecified atom stereocenters. The Morgan fingerprint density at radius 1 is 1.27 bits per heavy atom. The molecule has 5 N–H and O–H groups in total. The van der Waals surface area contributed by atoms with Crippen molar-refractivity contribution >= 4 is 15.2 Å². The standard InChI is InChI=1S/C5H14O8P2/c1-2-13-15(11,12)5(7,3-4-6)14(8,9)10/h6-7H,2-4H2,1H3,(H,11,12)(H2,8,9,10). The molecule has 0 spiro atoms. The summed E-state index contributed by atoms with van der Waals surface area (Å²) >= 11 is 0. The Morgan fingerprint density at radius 3 is 2.00 bits per heavy atom. The lowest BCUT2D eigenvalue weighted by molar-refractivity contribution is 0.0922. The van der Waals surface area contributed by atoms with Crippen molar-refractivity contribution in [1.29, 1.82) is 0 Å². The van der Waals surface area contributed by atoms with Crippen LogP contribution in [0.25, 0.3) is 0 Å². The van der Waals surface area contributed by atoms with Crippen molar-refractivity contribution in [2.75, 3.05) is 13.2 Å². The van der Waals surface area contributed by atoms with Crippen LogP contribution in [0.15, 0.2) is 0 Å². The number of rotatable bonds is 6. The summed E-state index contributed by atoms with van der Waals surface area (Å²) in [4.78, 5) is 26.7. The van der Waals surface area contributed by atoms with Crippen LogP contribution in [-0.2, 0) is 13.7 Å². The summed E-state index contributed by atoms with van der Waals surface area (Å²) in [6.07, 6.45) is -0.953. The second-order valence-corrected chi connectivity index (χ2v) is 6.95.